The summed E-state index contributed by atoms with van der Waals surface area (Å²) in [5, 5.41) is 3.44. The van der Waals surface area contributed by atoms with Crippen LogP contribution in [0.25, 0.3) is 0 Å². The summed E-state index contributed by atoms with van der Waals surface area (Å²) in [5.41, 5.74) is 2.23. The zero-order chi connectivity index (χ0) is 12.7. The minimum Gasteiger partial charge on any atom is -0.365 e. The van der Waals surface area contributed by atoms with Gasteiger partial charge in [0.25, 0.3) is 0 Å². The Morgan fingerprint density at radius 3 is 2.94 bits per heavy atom. The van der Waals surface area contributed by atoms with E-state index in [4.69, 9.17) is 0 Å². The van der Waals surface area contributed by atoms with Crippen molar-refractivity contribution in [1.82, 2.24) is 5.32 Å². The number of halogens is 1. The fourth-order valence-electron chi connectivity index (χ4n) is 3.03. The highest BCUT2D eigenvalue weighted by atomic mass is 19.1. The van der Waals surface area contributed by atoms with Crippen LogP contribution in [0.1, 0.15) is 13.8 Å². The SMILES string of the molecule is CC(C)N1CC2CNCCN2c2ccc(F)cc21. The molecule has 18 heavy (non-hydrogen) atoms. The first kappa shape index (κ1) is 11.8. The fourth-order valence-corrected chi connectivity index (χ4v) is 3.03. The molecule has 2 aliphatic heterocycles. The molecule has 1 fully saturated rings. The minimum absolute atomic E-state index is 0.145. The third kappa shape index (κ3) is 1.85. The number of piperazine rings is 1. The van der Waals surface area contributed by atoms with Gasteiger partial charge in [0.1, 0.15) is 5.82 Å². The Labute approximate surface area is 108 Å². The molecule has 2 heterocycles. The molecule has 3 nitrogen and oxygen atoms in total. The highest BCUT2D eigenvalue weighted by Crippen LogP contribution is 2.37. The smallest absolute Gasteiger partial charge is 0.125 e. The van der Waals surface area contributed by atoms with Gasteiger partial charge in [0, 0.05) is 32.2 Å². The number of benzene rings is 1. The number of rotatable bonds is 1. The molecule has 0 aromatic heterocycles. The molecule has 3 rings (SSSR count). The molecule has 0 saturated carbocycles. The Kier molecular flexibility index (Phi) is 2.90. The van der Waals surface area contributed by atoms with Crippen LogP contribution in [0.3, 0.4) is 0 Å². The maximum Gasteiger partial charge on any atom is 0.125 e. The lowest BCUT2D eigenvalue weighted by Crippen LogP contribution is -2.59. The van der Waals surface area contributed by atoms with E-state index in [-0.39, 0.29) is 5.82 Å². The fraction of sp³-hybridized carbons (Fsp3) is 0.571. The van der Waals surface area contributed by atoms with Crippen LogP contribution in [0.4, 0.5) is 15.8 Å². The summed E-state index contributed by atoms with van der Waals surface area (Å²) in [6, 6.07) is 6.07. The lowest BCUT2D eigenvalue weighted by Gasteiger charge is -2.48. The van der Waals surface area contributed by atoms with Crippen molar-refractivity contribution in [2.24, 2.45) is 0 Å². The van der Waals surface area contributed by atoms with Crippen molar-refractivity contribution in [3.63, 3.8) is 0 Å². The first-order valence-corrected chi connectivity index (χ1v) is 6.70. The van der Waals surface area contributed by atoms with Crippen LogP contribution in [0.5, 0.6) is 0 Å². The summed E-state index contributed by atoms with van der Waals surface area (Å²) >= 11 is 0. The van der Waals surface area contributed by atoms with E-state index in [1.54, 1.807) is 12.1 Å². The van der Waals surface area contributed by atoms with Crippen LogP contribution in [-0.4, -0.2) is 38.3 Å². The molecule has 1 aromatic carbocycles. The van der Waals surface area contributed by atoms with Gasteiger partial charge in [0.05, 0.1) is 17.4 Å². The molecule has 0 aliphatic carbocycles. The Balaban J connectivity index is 2.05. The summed E-state index contributed by atoms with van der Waals surface area (Å²) in [5.74, 6) is -0.145. The Morgan fingerprint density at radius 1 is 1.33 bits per heavy atom. The Bertz CT molecular complexity index is 447. The van der Waals surface area contributed by atoms with Crippen molar-refractivity contribution in [3.8, 4) is 0 Å². The maximum atomic E-state index is 13.5. The summed E-state index contributed by atoms with van der Waals surface area (Å²) in [6.45, 7) is 8.34. The molecule has 1 saturated heterocycles. The summed E-state index contributed by atoms with van der Waals surface area (Å²) in [7, 11) is 0. The van der Waals surface area contributed by atoms with Crippen molar-refractivity contribution in [1.29, 1.82) is 0 Å². The van der Waals surface area contributed by atoms with Crippen molar-refractivity contribution >= 4 is 11.4 Å². The average Bonchev–Trinajstić information content (AvgIpc) is 2.37. The summed E-state index contributed by atoms with van der Waals surface area (Å²) < 4.78 is 13.5. The molecule has 0 amide bonds. The van der Waals surface area contributed by atoms with Gasteiger partial charge in [0.15, 0.2) is 0 Å². The van der Waals surface area contributed by atoms with Gasteiger partial charge >= 0.3 is 0 Å². The topological polar surface area (TPSA) is 18.5 Å². The van der Waals surface area contributed by atoms with Gasteiger partial charge in [-0.25, -0.2) is 4.39 Å². The van der Waals surface area contributed by atoms with Crippen molar-refractivity contribution < 1.29 is 4.39 Å². The summed E-state index contributed by atoms with van der Waals surface area (Å²) in [4.78, 5) is 4.73. The Morgan fingerprint density at radius 2 is 2.17 bits per heavy atom. The zero-order valence-corrected chi connectivity index (χ0v) is 11.0. The van der Waals surface area contributed by atoms with Gasteiger partial charge in [0.2, 0.25) is 0 Å². The quantitative estimate of drug-likeness (QED) is 0.819. The molecule has 4 heteroatoms. The lowest BCUT2D eigenvalue weighted by atomic mass is 10.0. The highest BCUT2D eigenvalue weighted by Gasteiger charge is 2.33. The van der Waals surface area contributed by atoms with Crippen LogP contribution in [0, 0.1) is 5.82 Å². The molecule has 1 N–H and O–H groups in total. The predicted molar refractivity (Wildman–Crippen MR) is 72.9 cm³/mol. The van der Waals surface area contributed by atoms with E-state index in [9.17, 15) is 4.39 Å². The van der Waals surface area contributed by atoms with Gasteiger partial charge in [-0.1, -0.05) is 0 Å². The van der Waals surface area contributed by atoms with Gasteiger partial charge in [-0.15, -0.1) is 0 Å². The van der Waals surface area contributed by atoms with Crippen LogP contribution in [0.2, 0.25) is 0 Å². The molecule has 2 aliphatic rings. The highest BCUT2D eigenvalue weighted by molar-refractivity contribution is 5.74. The molecular formula is C14H20FN3. The Hall–Kier alpha value is -1.29. The number of nitrogens with one attached hydrogen (secondary N) is 1. The monoisotopic (exact) mass is 249 g/mol. The third-order valence-electron chi connectivity index (χ3n) is 3.94. The second-order valence-electron chi connectivity index (χ2n) is 5.43. The summed E-state index contributed by atoms with van der Waals surface area (Å²) in [6.07, 6.45) is 0. The largest absolute Gasteiger partial charge is 0.365 e. The van der Waals surface area contributed by atoms with Gasteiger partial charge in [-0.3, -0.25) is 0 Å². The first-order chi connectivity index (χ1) is 8.66. The molecular weight excluding hydrogens is 229 g/mol. The van der Waals surface area contributed by atoms with E-state index in [2.05, 4.69) is 29.0 Å². The van der Waals surface area contributed by atoms with Gasteiger partial charge in [-0.2, -0.15) is 0 Å². The molecule has 0 bridgehead atoms. The zero-order valence-electron chi connectivity index (χ0n) is 11.0. The van der Waals surface area contributed by atoms with Crippen molar-refractivity contribution in [2.45, 2.75) is 25.9 Å². The van der Waals surface area contributed by atoms with Gasteiger partial charge < -0.3 is 15.1 Å². The van der Waals surface area contributed by atoms with E-state index in [0.29, 0.717) is 12.1 Å². The number of anilines is 2. The van der Waals surface area contributed by atoms with Gasteiger partial charge in [-0.05, 0) is 32.0 Å². The number of nitrogens with zero attached hydrogens (tertiary/aromatic N) is 2. The number of fused-ring (bicyclic) bond motifs is 3. The van der Waals surface area contributed by atoms with E-state index in [1.807, 2.05) is 6.07 Å². The van der Waals surface area contributed by atoms with E-state index in [0.717, 1.165) is 31.9 Å². The number of hydrogen-bond donors (Lipinski definition) is 1. The van der Waals surface area contributed by atoms with E-state index < -0.39 is 0 Å². The van der Waals surface area contributed by atoms with Crippen LogP contribution < -0.4 is 15.1 Å². The molecule has 1 unspecified atom stereocenters. The average molecular weight is 249 g/mol. The first-order valence-electron chi connectivity index (χ1n) is 6.70. The van der Waals surface area contributed by atoms with Crippen molar-refractivity contribution in [2.75, 3.05) is 36.0 Å². The molecule has 1 atom stereocenters. The third-order valence-corrected chi connectivity index (χ3v) is 3.94. The molecule has 98 valence electrons. The predicted octanol–water partition coefficient (Wildman–Crippen LogP) is 1.83. The normalized spacial score (nSPS) is 23.0. The second-order valence-corrected chi connectivity index (χ2v) is 5.43. The minimum atomic E-state index is -0.145. The van der Waals surface area contributed by atoms with Crippen LogP contribution in [0.15, 0.2) is 18.2 Å². The molecule has 0 radical (unpaired) electrons. The van der Waals surface area contributed by atoms with Crippen molar-refractivity contribution in [3.05, 3.63) is 24.0 Å². The van der Waals surface area contributed by atoms with E-state index in [1.165, 1.54) is 5.69 Å². The standard InChI is InChI=1S/C14H20FN3/c1-10(2)18-9-12-8-16-5-6-17(12)13-4-3-11(15)7-14(13)18/h3-4,7,10,12,16H,5-6,8-9H2,1-2H3. The molecule has 0 spiro atoms. The number of hydrogen-bond acceptors (Lipinski definition) is 3. The second kappa shape index (κ2) is 4.43. The van der Waals surface area contributed by atoms with Crippen LogP contribution in [-0.2, 0) is 0 Å². The lowest BCUT2D eigenvalue weighted by molar-refractivity contribution is 0.447. The van der Waals surface area contributed by atoms with E-state index >= 15 is 0 Å². The van der Waals surface area contributed by atoms with Crippen LogP contribution >= 0.6 is 0 Å². The molecule has 1 aromatic rings. The maximum absolute atomic E-state index is 13.5.